The van der Waals surface area contributed by atoms with Crippen molar-refractivity contribution in [2.45, 2.75) is 19.4 Å². The number of hydrogen-bond donors (Lipinski definition) is 2. The molecule has 1 amide bonds. The highest BCUT2D eigenvalue weighted by Gasteiger charge is 2.30. The van der Waals surface area contributed by atoms with Crippen molar-refractivity contribution in [2.75, 3.05) is 10.6 Å². The van der Waals surface area contributed by atoms with E-state index in [0.29, 0.717) is 0 Å². The molecule has 1 unspecified atom stereocenters. The third-order valence-electron chi connectivity index (χ3n) is 3.54. The van der Waals surface area contributed by atoms with Crippen LogP contribution in [0.3, 0.4) is 0 Å². The lowest BCUT2D eigenvalue weighted by atomic mass is 10.1. The minimum atomic E-state index is -0.338. The summed E-state index contributed by atoms with van der Waals surface area (Å²) < 4.78 is 0.975. The highest BCUT2D eigenvalue weighted by atomic mass is 79.9. The summed E-state index contributed by atoms with van der Waals surface area (Å²) in [5.74, 6) is -0.0102. The van der Waals surface area contributed by atoms with Gasteiger partial charge in [-0.2, -0.15) is 0 Å². The van der Waals surface area contributed by atoms with E-state index >= 15 is 0 Å². The number of anilines is 2. The summed E-state index contributed by atoms with van der Waals surface area (Å²) in [6.45, 7) is 2.11. The van der Waals surface area contributed by atoms with Gasteiger partial charge in [0.15, 0.2) is 0 Å². The first-order valence-corrected chi connectivity index (χ1v) is 7.43. The van der Waals surface area contributed by atoms with E-state index in [0.717, 1.165) is 27.8 Å². The maximum atomic E-state index is 12.2. The predicted octanol–water partition coefficient (Wildman–Crippen LogP) is 4.12. The van der Waals surface area contributed by atoms with Crippen LogP contribution in [0.1, 0.15) is 24.1 Å². The Hall–Kier alpha value is -1.81. The first-order chi connectivity index (χ1) is 9.69. The maximum absolute atomic E-state index is 12.2. The molecule has 0 saturated carbocycles. The van der Waals surface area contributed by atoms with Crippen LogP contribution in [0.25, 0.3) is 0 Å². The fraction of sp³-hybridized carbons (Fsp3) is 0.188. The van der Waals surface area contributed by atoms with E-state index in [9.17, 15) is 4.79 Å². The van der Waals surface area contributed by atoms with Gasteiger partial charge in [-0.3, -0.25) is 4.79 Å². The van der Waals surface area contributed by atoms with Gasteiger partial charge in [-0.1, -0.05) is 41.1 Å². The van der Waals surface area contributed by atoms with E-state index in [2.05, 4.69) is 39.6 Å². The van der Waals surface area contributed by atoms with Gasteiger partial charge >= 0.3 is 0 Å². The second kappa shape index (κ2) is 5.29. The summed E-state index contributed by atoms with van der Waals surface area (Å²) in [7, 11) is 0. The SMILES string of the molecule is CCc1ccccc1NC1C(=O)Nc2ccc(Br)cc21. The summed E-state index contributed by atoms with van der Waals surface area (Å²) in [6, 6.07) is 13.6. The Morgan fingerprint density at radius 2 is 2.05 bits per heavy atom. The second-order valence-corrected chi connectivity index (χ2v) is 5.72. The van der Waals surface area contributed by atoms with Crippen molar-refractivity contribution < 1.29 is 4.79 Å². The first-order valence-electron chi connectivity index (χ1n) is 6.64. The Morgan fingerprint density at radius 3 is 2.85 bits per heavy atom. The van der Waals surface area contributed by atoms with E-state index in [1.54, 1.807) is 0 Å². The summed E-state index contributed by atoms with van der Waals surface area (Å²) in [5.41, 5.74) is 4.09. The molecule has 2 N–H and O–H groups in total. The molecule has 1 aliphatic rings. The van der Waals surface area contributed by atoms with E-state index < -0.39 is 0 Å². The highest BCUT2D eigenvalue weighted by molar-refractivity contribution is 9.10. The van der Waals surface area contributed by atoms with Crippen molar-refractivity contribution in [2.24, 2.45) is 0 Å². The number of aryl methyl sites for hydroxylation is 1. The largest absolute Gasteiger partial charge is 0.370 e. The zero-order valence-corrected chi connectivity index (χ0v) is 12.7. The lowest BCUT2D eigenvalue weighted by Crippen LogP contribution is -2.20. The molecule has 0 bridgehead atoms. The molecule has 102 valence electrons. The van der Waals surface area contributed by atoms with Gasteiger partial charge < -0.3 is 10.6 Å². The number of carbonyl (C=O) groups is 1. The van der Waals surface area contributed by atoms with Crippen LogP contribution in [0.15, 0.2) is 46.9 Å². The first kappa shape index (κ1) is 13.2. The second-order valence-electron chi connectivity index (χ2n) is 4.81. The molecule has 0 saturated heterocycles. The maximum Gasteiger partial charge on any atom is 0.251 e. The van der Waals surface area contributed by atoms with E-state index in [1.807, 2.05) is 36.4 Å². The van der Waals surface area contributed by atoms with Crippen LogP contribution in [0.5, 0.6) is 0 Å². The van der Waals surface area contributed by atoms with Gasteiger partial charge in [-0.25, -0.2) is 0 Å². The van der Waals surface area contributed by atoms with Crippen molar-refractivity contribution in [1.29, 1.82) is 0 Å². The Bertz CT molecular complexity index is 669. The van der Waals surface area contributed by atoms with Gasteiger partial charge in [-0.15, -0.1) is 0 Å². The molecule has 0 spiro atoms. The molecule has 0 aromatic heterocycles. The van der Waals surface area contributed by atoms with E-state index in [1.165, 1.54) is 5.56 Å². The standard InChI is InChI=1S/C16H15BrN2O/c1-2-10-5-3-4-6-13(10)18-15-12-9-11(17)7-8-14(12)19-16(15)20/h3-9,15,18H,2H2,1H3,(H,19,20). The number of amides is 1. The van der Waals surface area contributed by atoms with Crippen LogP contribution in [0.4, 0.5) is 11.4 Å². The predicted molar refractivity (Wildman–Crippen MR) is 85.0 cm³/mol. The molecular weight excluding hydrogens is 316 g/mol. The van der Waals surface area contributed by atoms with Crippen molar-refractivity contribution in [3.8, 4) is 0 Å². The number of hydrogen-bond acceptors (Lipinski definition) is 2. The van der Waals surface area contributed by atoms with Crippen molar-refractivity contribution in [3.63, 3.8) is 0 Å². The molecule has 3 rings (SSSR count). The number of benzene rings is 2. The Labute approximate surface area is 126 Å². The molecule has 1 heterocycles. The summed E-state index contributed by atoms with van der Waals surface area (Å²) >= 11 is 3.46. The molecule has 3 nitrogen and oxygen atoms in total. The number of para-hydroxylation sites is 1. The summed E-state index contributed by atoms with van der Waals surface area (Å²) in [6.07, 6.45) is 0.933. The zero-order valence-electron chi connectivity index (χ0n) is 11.1. The number of rotatable bonds is 3. The highest BCUT2D eigenvalue weighted by Crippen LogP contribution is 2.35. The van der Waals surface area contributed by atoms with Crippen LogP contribution < -0.4 is 10.6 Å². The van der Waals surface area contributed by atoms with Gasteiger partial charge in [0, 0.05) is 21.4 Å². The summed E-state index contributed by atoms with van der Waals surface area (Å²) in [5, 5.41) is 6.27. The van der Waals surface area contributed by atoms with Crippen LogP contribution >= 0.6 is 15.9 Å². The topological polar surface area (TPSA) is 41.1 Å². The lowest BCUT2D eigenvalue weighted by molar-refractivity contribution is -0.116. The molecule has 2 aromatic rings. The molecular formula is C16H15BrN2O. The average Bonchev–Trinajstić information content (AvgIpc) is 2.76. The molecule has 0 fully saturated rings. The molecule has 0 aliphatic carbocycles. The number of halogens is 1. The van der Waals surface area contributed by atoms with E-state index in [4.69, 9.17) is 0 Å². The van der Waals surface area contributed by atoms with Gasteiger partial charge in [0.1, 0.15) is 6.04 Å². The summed E-state index contributed by atoms with van der Waals surface area (Å²) in [4.78, 5) is 12.2. The van der Waals surface area contributed by atoms with Gasteiger partial charge in [0.25, 0.3) is 5.91 Å². The molecule has 4 heteroatoms. The monoisotopic (exact) mass is 330 g/mol. The molecule has 1 atom stereocenters. The molecule has 20 heavy (non-hydrogen) atoms. The average molecular weight is 331 g/mol. The fourth-order valence-electron chi connectivity index (χ4n) is 2.50. The number of nitrogens with one attached hydrogen (secondary N) is 2. The Morgan fingerprint density at radius 1 is 1.25 bits per heavy atom. The molecule has 0 radical (unpaired) electrons. The van der Waals surface area contributed by atoms with Crippen molar-refractivity contribution in [3.05, 3.63) is 58.1 Å². The number of fused-ring (bicyclic) bond motifs is 1. The minimum absolute atomic E-state index is 0.0102. The lowest BCUT2D eigenvalue weighted by Gasteiger charge is -2.16. The van der Waals surface area contributed by atoms with Gasteiger partial charge in [-0.05, 0) is 36.2 Å². The van der Waals surface area contributed by atoms with Crippen LogP contribution in [0, 0.1) is 0 Å². The Kier molecular flexibility index (Phi) is 3.49. The molecule has 2 aromatic carbocycles. The third kappa shape index (κ3) is 2.31. The van der Waals surface area contributed by atoms with Gasteiger partial charge in [0.2, 0.25) is 0 Å². The fourth-order valence-corrected chi connectivity index (χ4v) is 2.88. The number of carbonyl (C=O) groups excluding carboxylic acids is 1. The van der Waals surface area contributed by atoms with Crippen LogP contribution in [0.2, 0.25) is 0 Å². The van der Waals surface area contributed by atoms with Crippen molar-refractivity contribution >= 4 is 33.2 Å². The van der Waals surface area contributed by atoms with Crippen molar-refractivity contribution in [1.82, 2.24) is 0 Å². The quantitative estimate of drug-likeness (QED) is 0.888. The molecule has 1 aliphatic heterocycles. The third-order valence-corrected chi connectivity index (χ3v) is 4.04. The van der Waals surface area contributed by atoms with E-state index in [-0.39, 0.29) is 11.9 Å². The smallest absolute Gasteiger partial charge is 0.251 e. The van der Waals surface area contributed by atoms with Crippen LogP contribution in [-0.2, 0) is 11.2 Å². The van der Waals surface area contributed by atoms with Crippen LogP contribution in [-0.4, -0.2) is 5.91 Å². The van der Waals surface area contributed by atoms with Gasteiger partial charge in [0.05, 0.1) is 0 Å². The Balaban J connectivity index is 1.96. The zero-order chi connectivity index (χ0) is 14.1. The minimum Gasteiger partial charge on any atom is -0.370 e. The normalized spacial score (nSPS) is 16.7.